The fourth-order valence-electron chi connectivity index (χ4n) is 2.63. The highest BCUT2D eigenvalue weighted by molar-refractivity contribution is 7.89. The molecule has 0 radical (unpaired) electrons. The van der Waals surface area contributed by atoms with Crippen molar-refractivity contribution in [1.82, 2.24) is 18.2 Å². The molecule has 1 saturated heterocycles. The van der Waals surface area contributed by atoms with Crippen LogP contribution in [0.2, 0.25) is 0 Å². The second-order valence-corrected chi connectivity index (χ2v) is 12.2. The van der Waals surface area contributed by atoms with Gasteiger partial charge in [0.05, 0.1) is 6.26 Å². The van der Waals surface area contributed by atoms with Crippen molar-refractivity contribution in [2.24, 2.45) is 5.92 Å². The van der Waals surface area contributed by atoms with Crippen LogP contribution in [0.15, 0.2) is 0 Å². The lowest BCUT2D eigenvalue weighted by atomic mass is 10.0. The van der Waals surface area contributed by atoms with Gasteiger partial charge in [-0.2, -0.15) is 12.7 Å². The van der Waals surface area contributed by atoms with Gasteiger partial charge in [-0.15, -0.1) is 0 Å². The SMILES string of the molecule is CC(C)CC1C(=O)N(CN(C(=O)CNC(=O)OC(C)(C)C)S(C)(=O)=O)S(=O)(=O)N1C. The molecule has 0 aliphatic carbocycles. The number of carbonyl (C=O) groups excluding carboxylic acids is 3. The third kappa shape index (κ3) is 6.54. The van der Waals surface area contributed by atoms with E-state index in [-0.39, 0.29) is 16.6 Å². The van der Waals surface area contributed by atoms with Gasteiger partial charge in [-0.25, -0.2) is 21.8 Å². The molecule has 1 N–H and O–H groups in total. The maximum absolute atomic E-state index is 12.7. The lowest BCUT2D eigenvalue weighted by Gasteiger charge is -2.25. The van der Waals surface area contributed by atoms with Crippen molar-refractivity contribution in [2.75, 3.05) is 26.5 Å². The summed E-state index contributed by atoms with van der Waals surface area (Å²) in [6.45, 7) is 6.64. The summed E-state index contributed by atoms with van der Waals surface area (Å²) in [5.41, 5.74) is -0.838. The van der Waals surface area contributed by atoms with Gasteiger partial charge in [-0.1, -0.05) is 13.8 Å². The standard InChI is InChI=1S/C16H30N4O8S2/c1-11(2)8-12-14(22)20(30(26,27)18(12)6)10-19(29(7,24)25)13(21)9-17-15(23)28-16(3,4)5/h11-12H,8-10H2,1-7H3,(H,17,23). The van der Waals surface area contributed by atoms with E-state index in [0.29, 0.717) is 10.6 Å². The zero-order chi connectivity index (χ0) is 23.7. The van der Waals surface area contributed by atoms with Crippen molar-refractivity contribution in [1.29, 1.82) is 0 Å². The molecule has 1 unspecified atom stereocenters. The van der Waals surface area contributed by atoms with Gasteiger partial charge in [0, 0.05) is 7.05 Å². The topological polar surface area (TPSA) is 150 Å². The van der Waals surface area contributed by atoms with Crippen LogP contribution in [0.4, 0.5) is 4.79 Å². The Bertz CT molecular complexity index is 893. The normalized spacial score (nSPS) is 19.8. The monoisotopic (exact) mass is 470 g/mol. The second-order valence-electron chi connectivity index (χ2n) is 8.36. The minimum Gasteiger partial charge on any atom is -0.444 e. The van der Waals surface area contributed by atoms with Crippen LogP contribution < -0.4 is 5.32 Å². The van der Waals surface area contributed by atoms with Crippen LogP contribution in [-0.2, 0) is 34.6 Å². The van der Waals surface area contributed by atoms with E-state index >= 15 is 0 Å². The van der Waals surface area contributed by atoms with Gasteiger partial charge in [-0.3, -0.25) is 9.59 Å². The molecule has 0 aromatic carbocycles. The molecule has 1 heterocycles. The Balaban J connectivity index is 3.04. The van der Waals surface area contributed by atoms with Crippen LogP contribution in [-0.4, -0.2) is 85.8 Å². The van der Waals surface area contributed by atoms with E-state index in [1.54, 1.807) is 20.8 Å². The van der Waals surface area contributed by atoms with Crippen molar-refractivity contribution < 1.29 is 36.0 Å². The second kappa shape index (κ2) is 9.06. The van der Waals surface area contributed by atoms with E-state index in [1.165, 1.54) is 7.05 Å². The molecule has 0 spiro atoms. The highest BCUT2D eigenvalue weighted by Gasteiger charge is 2.50. The Morgan fingerprint density at radius 1 is 1.27 bits per heavy atom. The number of carbonyl (C=O) groups is 3. The first-order valence-electron chi connectivity index (χ1n) is 9.15. The smallest absolute Gasteiger partial charge is 0.408 e. The van der Waals surface area contributed by atoms with E-state index in [2.05, 4.69) is 5.32 Å². The van der Waals surface area contributed by atoms with Gasteiger partial charge in [0.2, 0.25) is 10.0 Å². The number of hydrogen-bond acceptors (Lipinski definition) is 8. The van der Waals surface area contributed by atoms with Crippen molar-refractivity contribution >= 4 is 38.1 Å². The molecule has 1 atom stereocenters. The number of alkyl carbamates (subject to hydrolysis) is 1. The Hall–Kier alpha value is -1.93. The third-order valence-electron chi connectivity index (χ3n) is 4.03. The summed E-state index contributed by atoms with van der Waals surface area (Å²) in [5, 5.41) is 2.11. The van der Waals surface area contributed by atoms with Gasteiger partial charge in [0.1, 0.15) is 24.9 Å². The Morgan fingerprint density at radius 3 is 2.23 bits per heavy atom. The number of amides is 3. The number of nitrogens with one attached hydrogen (secondary N) is 1. The number of sulfonamides is 1. The maximum Gasteiger partial charge on any atom is 0.408 e. The molecule has 30 heavy (non-hydrogen) atoms. The summed E-state index contributed by atoms with van der Waals surface area (Å²) < 4.78 is 55.8. The van der Waals surface area contributed by atoms with Crippen LogP contribution in [0.5, 0.6) is 0 Å². The number of ether oxygens (including phenoxy) is 1. The first kappa shape index (κ1) is 26.1. The molecule has 0 aromatic heterocycles. The molecule has 1 aliphatic heterocycles. The summed E-state index contributed by atoms with van der Waals surface area (Å²) in [5.74, 6) is -1.95. The van der Waals surface area contributed by atoms with E-state index in [0.717, 1.165) is 4.31 Å². The molecule has 174 valence electrons. The third-order valence-corrected chi connectivity index (χ3v) is 6.98. The van der Waals surface area contributed by atoms with Gasteiger partial charge in [0.25, 0.3) is 11.8 Å². The van der Waals surface area contributed by atoms with Crippen LogP contribution in [0.1, 0.15) is 41.0 Å². The van der Waals surface area contributed by atoms with Gasteiger partial charge in [-0.05, 0) is 33.1 Å². The molecule has 0 aromatic rings. The van der Waals surface area contributed by atoms with E-state index in [9.17, 15) is 31.2 Å². The van der Waals surface area contributed by atoms with Crippen LogP contribution in [0.25, 0.3) is 0 Å². The van der Waals surface area contributed by atoms with Crippen molar-refractivity contribution in [3.8, 4) is 0 Å². The summed E-state index contributed by atoms with van der Waals surface area (Å²) in [6.07, 6.45) is -0.0234. The predicted molar refractivity (Wildman–Crippen MR) is 108 cm³/mol. The fourth-order valence-corrected chi connectivity index (χ4v) is 4.88. The van der Waals surface area contributed by atoms with Crippen LogP contribution in [0.3, 0.4) is 0 Å². The molecular weight excluding hydrogens is 440 g/mol. The Morgan fingerprint density at radius 2 is 1.80 bits per heavy atom. The van der Waals surface area contributed by atoms with Gasteiger partial charge in [0.15, 0.2) is 0 Å². The first-order valence-corrected chi connectivity index (χ1v) is 12.4. The first-order chi connectivity index (χ1) is 13.4. The summed E-state index contributed by atoms with van der Waals surface area (Å²) in [4.78, 5) is 36.8. The number of hydrogen-bond donors (Lipinski definition) is 1. The molecule has 3 amide bonds. The Kier molecular flexibility index (Phi) is 7.88. The molecule has 14 heteroatoms. The zero-order valence-corrected chi connectivity index (χ0v) is 19.8. The highest BCUT2D eigenvalue weighted by atomic mass is 32.2. The molecule has 1 aliphatic rings. The largest absolute Gasteiger partial charge is 0.444 e. The average molecular weight is 471 g/mol. The van der Waals surface area contributed by atoms with Crippen LogP contribution in [0, 0.1) is 5.92 Å². The quantitative estimate of drug-likeness (QED) is 0.532. The zero-order valence-electron chi connectivity index (χ0n) is 18.2. The number of likely N-dealkylation sites (N-methyl/N-ethyl adjacent to an activating group) is 1. The Labute approximate surface area is 177 Å². The predicted octanol–water partition coefficient (Wildman–Crippen LogP) is -0.310. The summed E-state index contributed by atoms with van der Waals surface area (Å²) >= 11 is 0. The average Bonchev–Trinajstić information content (AvgIpc) is 2.68. The number of nitrogens with zero attached hydrogens (tertiary/aromatic N) is 3. The summed E-state index contributed by atoms with van der Waals surface area (Å²) in [6, 6.07) is -0.994. The minimum atomic E-state index is -4.31. The van der Waals surface area contributed by atoms with E-state index < -0.39 is 63.0 Å². The lowest BCUT2D eigenvalue weighted by Crippen LogP contribution is -2.50. The van der Waals surface area contributed by atoms with E-state index in [4.69, 9.17) is 4.74 Å². The van der Waals surface area contributed by atoms with Crippen molar-refractivity contribution in [3.63, 3.8) is 0 Å². The molecule has 12 nitrogen and oxygen atoms in total. The van der Waals surface area contributed by atoms with Crippen molar-refractivity contribution in [2.45, 2.75) is 52.7 Å². The highest BCUT2D eigenvalue weighted by Crippen LogP contribution is 2.27. The lowest BCUT2D eigenvalue weighted by molar-refractivity contribution is -0.131. The van der Waals surface area contributed by atoms with Gasteiger partial charge < -0.3 is 10.1 Å². The molecule has 1 rings (SSSR count). The maximum atomic E-state index is 12.7. The van der Waals surface area contributed by atoms with Crippen molar-refractivity contribution in [3.05, 3.63) is 0 Å². The van der Waals surface area contributed by atoms with E-state index in [1.807, 2.05) is 13.8 Å². The van der Waals surface area contributed by atoms with Gasteiger partial charge >= 0.3 is 16.3 Å². The molecular formula is C16H30N4O8S2. The summed E-state index contributed by atoms with van der Waals surface area (Å²) in [7, 11) is -7.34. The number of rotatable bonds is 7. The minimum absolute atomic E-state index is 0.00206. The molecule has 0 saturated carbocycles. The van der Waals surface area contributed by atoms with Crippen LogP contribution >= 0.6 is 0 Å². The fraction of sp³-hybridized carbons (Fsp3) is 0.812. The molecule has 1 fully saturated rings. The molecule has 0 bridgehead atoms.